The van der Waals surface area contributed by atoms with Crippen molar-refractivity contribution in [3.63, 3.8) is 0 Å². The molecule has 6 nitrogen and oxygen atoms in total. The second kappa shape index (κ2) is 8.02. The lowest BCUT2D eigenvalue weighted by Gasteiger charge is -2.10. The summed E-state index contributed by atoms with van der Waals surface area (Å²) in [5.41, 5.74) is 3.17. The maximum absolute atomic E-state index is 12.1. The Morgan fingerprint density at radius 1 is 0.885 bits per heavy atom. The third kappa shape index (κ3) is 4.73. The van der Waals surface area contributed by atoms with Crippen LogP contribution in [0.15, 0.2) is 71.3 Å². The molecule has 0 aliphatic heterocycles. The first kappa shape index (κ1) is 17.3. The van der Waals surface area contributed by atoms with Crippen LogP contribution in [0.3, 0.4) is 0 Å². The van der Waals surface area contributed by atoms with Crippen LogP contribution >= 0.6 is 0 Å². The highest BCUT2D eigenvalue weighted by molar-refractivity contribution is 6.02. The topological polar surface area (TPSA) is 83.4 Å². The average Bonchev–Trinajstić information content (AvgIpc) is 3.15. The predicted octanol–water partition coefficient (Wildman–Crippen LogP) is 3.89. The lowest BCUT2D eigenvalue weighted by molar-refractivity contribution is -0.114. The first-order valence-corrected chi connectivity index (χ1v) is 8.15. The SMILES string of the molecule is Cc1cccc(NC(=O)CNc2cccc(NC(=O)c3ccco3)c2)c1. The van der Waals surface area contributed by atoms with E-state index >= 15 is 0 Å². The molecule has 3 aromatic rings. The molecule has 3 N–H and O–H groups in total. The van der Waals surface area contributed by atoms with Crippen LogP contribution in [0, 0.1) is 6.92 Å². The van der Waals surface area contributed by atoms with Crippen LogP contribution in [-0.2, 0) is 4.79 Å². The number of amides is 2. The minimum Gasteiger partial charge on any atom is -0.459 e. The van der Waals surface area contributed by atoms with Crippen molar-refractivity contribution in [2.24, 2.45) is 0 Å². The van der Waals surface area contributed by atoms with Crippen molar-refractivity contribution in [1.29, 1.82) is 0 Å². The monoisotopic (exact) mass is 349 g/mol. The lowest BCUT2D eigenvalue weighted by Crippen LogP contribution is -2.21. The summed E-state index contributed by atoms with van der Waals surface area (Å²) in [6, 6.07) is 18.0. The molecule has 0 aliphatic rings. The summed E-state index contributed by atoms with van der Waals surface area (Å²) in [6.45, 7) is 2.08. The number of hydrogen-bond donors (Lipinski definition) is 3. The second-order valence-corrected chi connectivity index (χ2v) is 5.78. The van der Waals surface area contributed by atoms with E-state index in [2.05, 4.69) is 16.0 Å². The summed E-state index contributed by atoms with van der Waals surface area (Å²) in [4.78, 5) is 24.1. The van der Waals surface area contributed by atoms with Gasteiger partial charge in [0.25, 0.3) is 5.91 Å². The lowest BCUT2D eigenvalue weighted by atomic mass is 10.2. The van der Waals surface area contributed by atoms with Gasteiger partial charge in [0, 0.05) is 17.1 Å². The van der Waals surface area contributed by atoms with E-state index < -0.39 is 0 Å². The minimum atomic E-state index is -0.329. The van der Waals surface area contributed by atoms with Crippen LogP contribution in [0.25, 0.3) is 0 Å². The Kier molecular flexibility index (Phi) is 5.34. The van der Waals surface area contributed by atoms with Gasteiger partial charge in [0.1, 0.15) is 0 Å². The van der Waals surface area contributed by atoms with Crippen molar-refractivity contribution in [2.45, 2.75) is 6.92 Å². The Hall–Kier alpha value is -3.54. The van der Waals surface area contributed by atoms with Crippen molar-refractivity contribution in [3.05, 3.63) is 78.3 Å². The Labute approximate surface area is 151 Å². The van der Waals surface area contributed by atoms with E-state index in [1.54, 1.807) is 30.3 Å². The molecule has 6 heteroatoms. The molecule has 2 aromatic carbocycles. The van der Waals surface area contributed by atoms with E-state index in [1.165, 1.54) is 6.26 Å². The second-order valence-electron chi connectivity index (χ2n) is 5.78. The third-order valence-electron chi connectivity index (χ3n) is 3.62. The number of aryl methyl sites for hydroxylation is 1. The molecular formula is C20H19N3O3. The van der Waals surface area contributed by atoms with Gasteiger partial charge in [-0.15, -0.1) is 0 Å². The van der Waals surface area contributed by atoms with E-state index in [0.717, 1.165) is 16.9 Å². The fourth-order valence-electron chi connectivity index (χ4n) is 2.42. The molecule has 3 rings (SSSR count). The zero-order valence-corrected chi connectivity index (χ0v) is 14.3. The summed E-state index contributed by atoms with van der Waals surface area (Å²) in [7, 11) is 0. The van der Waals surface area contributed by atoms with E-state index in [9.17, 15) is 9.59 Å². The van der Waals surface area contributed by atoms with Gasteiger partial charge in [-0.1, -0.05) is 18.2 Å². The fourth-order valence-corrected chi connectivity index (χ4v) is 2.42. The fraction of sp³-hybridized carbons (Fsp3) is 0.100. The van der Waals surface area contributed by atoms with Gasteiger partial charge in [-0.05, 0) is 55.0 Å². The zero-order valence-electron chi connectivity index (χ0n) is 14.3. The van der Waals surface area contributed by atoms with Gasteiger partial charge in [0.15, 0.2) is 5.76 Å². The average molecular weight is 349 g/mol. The van der Waals surface area contributed by atoms with Gasteiger partial charge < -0.3 is 20.4 Å². The number of furan rings is 1. The number of nitrogens with one attached hydrogen (secondary N) is 3. The van der Waals surface area contributed by atoms with E-state index in [4.69, 9.17) is 4.42 Å². The molecule has 0 unspecified atom stereocenters. The molecule has 26 heavy (non-hydrogen) atoms. The van der Waals surface area contributed by atoms with Gasteiger partial charge in [0.05, 0.1) is 12.8 Å². The van der Waals surface area contributed by atoms with Crippen molar-refractivity contribution in [3.8, 4) is 0 Å². The van der Waals surface area contributed by atoms with E-state index in [-0.39, 0.29) is 24.1 Å². The predicted molar refractivity (Wildman–Crippen MR) is 101 cm³/mol. The number of rotatable bonds is 6. The maximum atomic E-state index is 12.1. The van der Waals surface area contributed by atoms with E-state index in [1.807, 2.05) is 37.3 Å². The van der Waals surface area contributed by atoms with Gasteiger partial charge in [-0.25, -0.2) is 0 Å². The molecule has 0 bridgehead atoms. The zero-order chi connectivity index (χ0) is 18.4. The normalized spacial score (nSPS) is 10.2. The molecule has 0 atom stereocenters. The Bertz CT molecular complexity index is 904. The van der Waals surface area contributed by atoms with Gasteiger partial charge in [0.2, 0.25) is 5.91 Å². The number of anilines is 3. The summed E-state index contributed by atoms with van der Waals surface area (Å²) >= 11 is 0. The van der Waals surface area contributed by atoms with Crippen molar-refractivity contribution < 1.29 is 14.0 Å². The number of carbonyl (C=O) groups is 2. The molecule has 0 radical (unpaired) electrons. The number of benzene rings is 2. The standard InChI is InChI=1S/C20H19N3O3/c1-14-5-2-7-16(11-14)22-19(24)13-21-15-6-3-8-17(12-15)23-20(25)18-9-4-10-26-18/h2-12,21H,13H2,1H3,(H,22,24)(H,23,25). The van der Waals surface area contributed by atoms with Gasteiger partial charge in [-0.2, -0.15) is 0 Å². The highest BCUT2D eigenvalue weighted by Crippen LogP contribution is 2.16. The first-order chi connectivity index (χ1) is 12.6. The third-order valence-corrected chi connectivity index (χ3v) is 3.62. The van der Waals surface area contributed by atoms with Crippen LogP contribution in [0.4, 0.5) is 17.1 Å². The van der Waals surface area contributed by atoms with Crippen LogP contribution < -0.4 is 16.0 Å². The van der Waals surface area contributed by atoms with Crippen molar-refractivity contribution in [1.82, 2.24) is 0 Å². The Balaban J connectivity index is 1.55. The van der Waals surface area contributed by atoms with Crippen LogP contribution in [0.2, 0.25) is 0 Å². The number of carbonyl (C=O) groups excluding carboxylic acids is 2. The van der Waals surface area contributed by atoms with Crippen LogP contribution in [-0.4, -0.2) is 18.4 Å². The first-order valence-electron chi connectivity index (χ1n) is 8.15. The van der Waals surface area contributed by atoms with Crippen LogP contribution in [0.5, 0.6) is 0 Å². The summed E-state index contributed by atoms with van der Waals surface area (Å²) in [5.74, 6) is -0.245. The smallest absolute Gasteiger partial charge is 0.291 e. The molecule has 0 spiro atoms. The highest BCUT2D eigenvalue weighted by Gasteiger charge is 2.09. The van der Waals surface area contributed by atoms with Crippen LogP contribution in [0.1, 0.15) is 16.1 Å². The Morgan fingerprint density at radius 2 is 1.62 bits per heavy atom. The summed E-state index contributed by atoms with van der Waals surface area (Å²) < 4.78 is 5.06. The molecule has 0 saturated carbocycles. The van der Waals surface area contributed by atoms with Gasteiger partial charge in [-0.3, -0.25) is 9.59 Å². The Morgan fingerprint density at radius 3 is 2.35 bits per heavy atom. The minimum absolute atomic E-state index is 0.115. The van der Waals surface area contributed by atoms with Crippen molar-refractivity contribution >= 4 is 28.9 Å². The largest absolute Gasteiger partial charge is 0.459 e. The quantitative estimate of drug-likeness (QED) is 0.630. The molecule has 2 amide bonds. The van der Waals surface area contributed by atoms with Crippen molar-refractivity contribution in [2.75, 3.05) is 22.5 Å². The molecule has 1 heterocycles. The van der Waals surface area contributed by atoms with Gasteiger partial charge >= 0.3 is 0 Å². The summed E-state index contributed by atoms with van der Waals surface area (Å²) in [5, 5.41) is 8.62. The molecule has 1 aromatic heterocycles. The van der Waals surface area contributed by atoms with E-state index in [0.29, 0.717) is 5.69 Å². The molecule has 0 saturated heterocycles. The summed E-state index contributed by atoms with van der Waals surface area (Å²) in [6.07, 6.45) is 1.44. The maximum Gasteiger partial charge on any atom is 0.291 e. The number of hydrogen-bond acceptors (Lipinski definition) is 4. The molecular weight excluding hydrogens is 330 g/mol. The molecule has 132 valence electrons. The highest BCUT2D eigenvalue weighted by atomic mass is 16.3. The molecule has 0 aliphatic carbocycles. The molecule has 0 fully saturated rings.